The topological polar surface area (TPSA) is 79.7 Å². The van der Waals surface area contributed by atoms with Gasteiger partial charge in [0.2, 0.25) is 5.88 Å². The van der Waals surface area contributed by atoms with E-state index in [-0.39, 0.29) is 11.6 Å². The second-order valence-corrected chi connectivity index (χ2v) is 3.20. The number of aliphatic carboxylic acids is 1. The first kappa shape index (κ1) is 10.2. The Morgan fingerprint density at radius 3 is 2.94 bits per heavy atom. The first-order valence-corrected chi connectivity index (χ1v) is 4.59. The Bertz CT molecular complexity index is 538. The summed E-state index contributed by atoms with van der Waals surface area (Å²) in [4.78, 5) is 14.3. The fourth-order valence-electron chi connectivity index (χ4n) is 1.37. The van der Waals surface area contributed by atoms with Crippen molar-refractivity contribution in [1.82, 2.24) is 4.98 Å². The van der Waals surface area contributed by atoms with Crippen LogP contribution < -0.4 is 4.74 Å². The molecule has 0 fully saturated rings. The Morgan fingerprint density at radius 2 is 2.19 bits per heavy atom. The van der Waals surface area contributed by atoms with E-state index in [0.29, 0.717) is 5.39 Å². The molecule has 0 radical (unpaired) electrons. The molecule has 0 aliphatic rings. The molecule has 2 rings (SSSR count). The fraction of sp³-hybridized carbons (Fsp3) is 0.0909. The third-order valence-corrected chi connectivity index (χ3v) is 2.05. The summed E-state index contributed by atoms with van der Waals surface area (Å²) < 4.78 is 5.01. The number of hydrogen-bond donors (Lipinski definition) is 2. The van der Waals surface area contributed by atoms with Crippen molar-refractivity contribution in [2.45, 2.75) is 0 Å². The number of hydrogen-bond acceptors (Lipinski definition) is 4. The summed E-state index contributed by atoms with van der Waals surface area (Å²) in [5.74, 6) is -0.782. The molecule has 0 saturated carbocycles. The number of pyridine rings is 1. The van der Waals surface area contributed by atoms with E-state index in [1.54, 1.807) is 18.2 Å². The Labute approximate surface area is 90.9 Å². The Kier molecular flexibility index (Phi) is 2.59. The van der Waals surface area contributed by atoms with Crippen molar-refractivity contribution in [3.05, 3.63) is 30.5 Å². The van der Waals surface area contributed by atoms with E-state index >= 15 is 0 Å². The summed E-state index contributed by atoms with van der Waals surface area (Å²) in [6, 6.07) is 6.49. The second-order valence-electron chi connectivity index (χ2n) is 3.20. The van der Waals surface area contributed by atoms with Crippen LogP contribution in [0.5, 0.6) is 11.6 Å². The molecule has 0 saturated heterocycles. The predicted octanol–water partition coefficient (Wildman–Crippen LogP) is 1.40. The van der Waals surface area contributed by atoms with Gasteiger partial charge in [-0.1, -0.05) is 6.07 Å². The Morgan fingerprint density at radius 1 is 1.38 bits per heavy atom. The van der Waals surface area contributed by atoms with Crippen molar-refractivity contribution in [2.75, 3.05) is 6.61 Å². The highest BCUT2D eigenvalue weighted by Crippen LogP contribution is 2.26. The second kappa shape index (κ2) is 4.06. The molecule has 5 nitrogen and oxygen atoms in total. The number of aromatic nitrogens is 1. The van der Waals surface area contributed by atoms with Crippen LogP contribution in [-0.4, -0.2) is 27.8 Å². The summed E-state index contributed by atoms with van der Waals surface area (Å²) in [6.45, 7) is -0.457. The molecule has 0 atom stereocenters. The molecule has 1 aromatic carbocycles. The molecule has 82 valence electrons. The number of nitrogens with zero attached hydrogens (tertiary/aromatic N) is 1. The summed E-state index contributed by atoms with van der Waals surface area (Å²) in [5.41, 5.74) is 0. The average molecular weight is 219 g/mol. The first-order valence-electron chi connectivity index (χ1n) is 4.59. The third-order valence-electron chi connectivity index (χ3n) is 2.05. The zero-order chi connectivity index (χ0) is 11.5. The number of phenolic OH excluding ortho intramolecular Hbond substituents is 1. The minimum absolute atomic E-state index is 0.0840. The lowest BCUT2D eigenvalue weighted by Crippen LogP contribution is -2.10. The van der Waals surface area contributed by atoms with Gasteiger partial charge in [0.05, 0.1) is 0 Å². The molecule has 5 heteroatoms. The molecule has 1 aromatic heterocycles. The van der Waals surface area contributed by atoms with E-state index in [1.165, 1.54) is 12.3 Å². The van der Waals surface area contributed by atoms with E-state index in [4.69, 9.17) is 9.84 Å². The van der Waals surface area contributed by atoms with Gasteiger partial charge in [-0.2, -0.15) is 0 Å². The van der Waals surface area contributed by atoms with Gasteiger partial charge in [-0.05, 0) is 23.6 Å². The highest BCUT2D eigenvalue weighted by molar-refractivity contribution is 5.88. The maximum Gasteiger partial charge on any atom is 0.341 e. The predicted molar refractivity (Wildman–Crippen MR) is 56.5 cm³/mol. The van der Waals surface area contributed by atoms with Crippen LogP contribution >= 0.6 is 0 Å². The van der Waals surface area contributed by atoms with Gasteiger partial charge >= 0.3 is 5.97 Å². The molecular formula is C11H9NO4. The summed E-state index contributed by atoms with van der Waals surface area (Å²) in [7, 11) is 0. The number of benzene rings is 1. The number of rotatable bonds is 3. The van der Waals surface area contributed by atoms with Gasteiger partial charge < -0.3 is 14.9 Å². The first-order chi connectivity index (χ1) is 7.66. The van der Waals surface area contributed by atoms with E-state index in [9.17, 15) is 9.90 Å². The molecule has 1 heterocycles. The SMILES string of the molecule is O=C(O)COc1nccc2ccc(O)cc12. The maximum absolute atomic E-state index is 10.4. The Balaban J connectivity index is 2.43. The summed E-state index contributed by atoms with van der Waals surface area (Å²) in [5, 5.41) is 19.2. The van der Waals surface area contributed by atoms with Gasteiger partial charge in [0.25, 0.3) is 0 Å². The number of carboxylic acids is 1. The van der Waals surface area contributed by atoms with Crippen molar-refractivity contribution in [2.24, 2.45) is 0 Å². The van der Waals surface area contributed by atoms with E-state index in [1.807, 2.05) is 0 Å². The molecule has 0 aliphatic heterocycles. The standard InChI is InChI=1S/C11H9NO4/c13-8-2-1-7-3-4-12-11(9(7)5-8)16-6-10(14)15/h1-5,13H,6H2,(H,14,15). The lowest BCUT2D eigenvalue weighted by molar-refractivity contribution is -0.139. The molecule has 0 spiro atoms. The van der Waals surface area contributed by atoms with Crippen LogP contribution in [0.15, 0.2) is 30.5 Å². The molecule has 0 bridgehead atoms. The summed E-state index contributed by atoms with van der Waals surface area (Å²) >= 11 is 0. The van der Waals surface area contributed by atoms with Gasteiger partial charge in [-0.15, -0.1) is 0 Å². The van der Waals surface area contributed by atoms with Crippen LogP contribution in [0.3, 0.4) is 0 Å². The number of phenols is 1. The molecule has 16 heavy (non-hydrogen) atoms. The maximum atomic E-state index is 10.4. The molecular weight excluding hydrogens is 210 g/mol. The molecule has 2 N–H and O–H groups in total. The van der Waals surface area contributed by atoms with Crippen LogP contribution in [0, 0.1) is 0 Å². The highest BCUT2D eigenvalue weighted by Gasteiger charge is 2.06. The van der Waals surface area contributed by atoms with Crippen molar-refractivity contribution >= 4 is 16.7 Å². The van der Waals surface area contributed by atoms with Crippen LogP contribution in [0.25, 0.3) is 10.8 Å². The minimum atomic E-state index is -1.07. The van der Waals surface area contributed by atoms with Gasteiger partial charge in [0.1, 0.15) is 5.75 Å². The smallest absolute Gasteiger partial charge is 0.341 e. The molecule has 2 aromatic rings. The number of ether oxygens (including phenoxy) is 1. The number of carboxylic acid groups (broad SMARTS) is 1. The average Bonchev–Trinajstić information content (AvgIpc) is 2.26. The van der Waals surface area contributed by atoms with Gasteiger partial charge in [-0.25, -0.2) is 9.78 Å². The van der Waals surface area contributed by atoms with E-state index in [0.717, 1.165) is 5.39 Å². The quantitative estimate of drug-likeness (QED) is 0.815. The van der Waals surface area contributed by atoms with E-state index in [2.05, 4.69) is 4.98 Å². The minimum Gasteiger partial charge on any atom is -0.508 e. The zero-order valence-corrected chi connectivity index (χ0v) is 8.25. The van der Waals surface area contributed by atoms with Crippen LogP contribution in [0.2, 0.25) is 0 Å². The molecule has 0 unspecified atom stereocenters. The van der Waals surface area contributed by atoms with Crippen LogP contribution in [-0.2, 0) is 4.79 Å². The van der Waals surface area contributed by atoms with Gasteiger partial charge in [0, 0.05) is 11.6 Å². The lowest BCUT2D eigenvalue weighted by atomic mass is 10.1. The lowest BCUT2D eigenvalue weighted by Gasteiger charge is -2.06. The van der Waals surface area contributed by atoms with Crippen molar-refractivity contribution < 1.29 is 19.7 Å². The summed E-state index contributed by atoms with van der Waals surface area (Å²) in [6.07, 6.45) is 1.52. The number of carbonyl (C=O) groups is 1. The number of aromatic hydroxyl groups is 1. The zero-order valence-electron chi connectivity index (χ0n) is 8.25. The third kappa shape index (κ3) is 2.03. The highest BCUT2D eigenvalue weighted by atomic mass is 16.5. The monoisotopic (exact) mass is 219 g/mol. The van der Waals surface area contributed by atoms with Gasteiger partial charge in [-0.3, -0.25) is 0 Å². The van der Waals surface area contributed by atoms with Crippen LogP contribution in [0.1, 0.15) is 0 Å². The largest absolute Gasteiger partial charge is 0.508 e. The van der Waals surface area contributed by atoms with E-state index < -0.39 is 12.6 Å². The Hall–Kier alpha value is -2.30. The van der Waals surface area contributed by atoms with Crippen molar-refractivity contribution in [3.8, 4) is 11.6 Å². The number of fused-ring (bicyclic) bond motifs is 1. The van der Waals surface area contributed by atoms with Crippen LogP contribution in [0.4, 0.5) is 0 Å². The van der Waals surface area contributed by atoms with Crippen molar-refractivity contribution in [1.29, 1.82) is 0 Å². The molecule has 0 aliphatic carbocycles. The van der Waals surface area contributed by atoms with Crippen molar-refractivity contribution in [3.63, 3.8) is 0 Å². The molecule has 0 amide bonds. The van der Waals surface area contributed by atoms with Gasteiger partial charge in [0.15, 0.2) is 6.61 Å². The normalized spacial score (nSPS) is 10.2. The fourth-order valence-corrected chi connectivity index (χ4v) is 1.37.